The molecule has 0 bridgehead atoms. The molecule has 0 aliphatic carbocycles. The van der Waals surface area contributed by atoms with Gasteiger partial charge in [-0.2, -0.15) is 0 Å². The number of carbonyl (C=O) groups excluding carboxylic acids is 1. The predicted molar refractivity (Wildman–Crippen MR) is 89.9 cm³/mol. The average molecular weight is 358 g/mol. The van der Waals surface area contributed by atoms with E-state index in [1.807, 2.05) is 32.2 Å². The third kappa shape index (κ3) is 7.45. The molecule has 118 valence electrons. The lowest BCUT2D eigenvalue weighted by Crippen LogP contribution is -2.32. The highest BCUT2D eigenvalue weighted by Gasteiger charge is 2.03. The van der Waals surface area contributed by atoms with Crippen LogP contribution in [0.4, 0.5) is 10.5 Å². The summed E-state index contributed by atoms with van der Waals surface area (Å²) in [4.78, 5) is 13.9. The van der Waals surface area contributed by atoms with Crippen LogP contribution in [-0.2, 0) is 4.74 Å². The monoisotopic (exact) mass is 357 g/mol. The Morgan fingerprint density at radius 1 is 1.38 bits per heavy atom. The zero-order chi connectivity index (χ0) is 15.7. The van der Waals surface area contributed by atoms with Gasteiger partial charge in [0.05, 0.1) is 6.61 Å². The van der Waals surface area contributed by atoms with Gasteiger partial charge in [-0.3, -0.25) is 0 Å². The number of carbonyl (C=O) groups is 1. The van der Waals surface area contributed by atoms with Gasteiger partial charge in [-0.1, -0.05) is 22.0 Å². The van der Waals surface area contributed by atoms with E-state index in [1.165, 1.54) is 0 Å². The fraction of sp³-hybridized carbons (Fsp3) is 0.533. The molecule has 21 heavy (non-hydrogen) atoms. The van der Waals surface area contributed by atoms with Crippen molar-refractivity contribution in [3.05, 3.63) is 28.2 Å². The van der Waals surface area contributed by atoms with Crippen molar-refractivity contribution in [1.29, 1.82) is 0 Å². The van der Waals surface area contributed by atoms with E-state index in [0.717, 1.165) is 41.8 Å². The Kier molecular flexibility index (Phi) is 8.34. The van der Waals surface area contributed by atoms with Crippen LogP contribution < -0.4 is 10.6 Å². The van der Waals surface area contributed by atoms with Gasteiger partial charge in [0, 0.05) is 30.4 Å². The van der Waals surface area contributed by atoms with E-state index in [9.17, 15) is 4.79 Å². The first-order valence-electron chi connectivity index (χ1n) is 7.01. The second kappa shape index (κ2) is 9.76. The summed E-state index contributed by atoms with van der Waals surface area (Å²) in [6.07, 6.45) is 0.908. The second-order valence-corrected chi connectivity index (χ2v) is 5.85. The molecule has 0 aromatic heterocycles. The summed E-state index contributed by atoms with van der Waals surface area (Å²) in [7, 11) is 3.74. The highest BCUT2D eigenvalue weighted by atomic mass is 79.9. The number of benzene rings is 1. The quantitative estimate of drug-likeness (QED) is 0.703. The zero-order valence-electron chi connectivity index (χ0n) is 12.9. The number of hydrogen-bond acceptors (Lipinski definition) is 3. The first-order valence-corrected chi connectivity index (χ1v) is 7.80. The molecular formula is C15H24BrN3O2. The molecule has 0 fully saturated rings. The van der Waals surface area contributed by atoms with Crippen LogP contribution in [0.15, 0.2) is 22.7 Å². The Morgan fingerprint density at radius 2 is 2.14 bits per heavy atom. The number of nitrogens with zero attached hydrogens (tertiary/aromatic N) is 1. The van der Waals surface area contributed by atoms with Gasteiger partial charge in [-0.15, -0.1) is 0 Å². The Morgan fingerprint density at radius 3 is 2.81 bits per heavy atom. The molecule has 0 aliphatic rings. The van der Waals surface area contributed by atoms with Crippen LogP contribution in [0.25, 0.3) is 0 Å². The summed E-state index contributed by atoms with van der Waals surface area (Å²) in [5.74, 6) is 0. The average Bonchev–Trinajstić information content (AvgIpc) is 2.45. The number of ether oxygens (including phenoxy) is 1. The molecule has 0 heterocycles. The van der Waals surface area contributed by atoms with Gasteiger partial charge >= 0.3 is 6.03 Å². The minimum Gasteiger partial charge on any atom is -0.383 e. The molecule has 1 aromatic rings. The fourth-order valence-corrected chi connectivity index (χ4v) is 2.13. The molecule has 0 saturated heterocycles. The second-order valence-electron chi connectivity index (χ2n) is 4.99. The number of aryl methyl sites for hydroxylation is 1. The molecule has 1 aromatic carbocycles. The number of rotatable bonds is 8. The molecule has 2 N–H and O–H groups in total. The van der Waals surface area contributed by atoms with Crippen molar-refractivity contribution in [3.63, 3.8) is 0 Å². The van der Waals surface area contributed by atoms with Crippen LogP contribution in [0.3, 0.4) is 0 Å². The van der Waals surface area contributed by atoms with Gasteiger partial charge in [0.2, 0.25) is 0 Å². The fourth-order valence-electron chi connectivity index (χ4n) is 1.76. The van der Waals surface area contributed by atoms with Crippen LogP contribution in [0.1, 0.15) is 12.0 Å². The first kappa shape index (κ1) is 17.9. The topological polar surface area (TPSA) is 53.6 Å². The largest absolute Gasteiger partial charge is 0.383 e. The van der Waals surface area contributed by atoms with Gasteiger partial charge in [-0.25, -0.2) is 4.79 Å². The number of hydrogen-bond donors (Lipinski definition) is 2. The summed E-state index contributed by atoms with van der Waals surface area (Å²) in [6, 6.07) is 5.57. The normalized spacial score (nSPS) is 10.7. The van der Waals surface area contributed by atoms with E-state index in [-0.39, 0.29) is 6.03 Å². The molecule has 5 nitrogen and oxygen atoms in total. The van der Waals surface area contributed by atoms with E-state index in [0.29, 0.717) is 6.54 Å². The summed E-state index contributed by atoms with van der Waals surface area (Å²) in [5, 5.41) is 5.67. The molecular weight excluding hydrogens is 334 g/mol. The smallest absolute Gasteiger partial charge is 0.319 e. The van der Waals surface area contributed by atoms with E-state index in [4.69, 9.17) is 4.74 Å². The lowest BCUT2D eigenvalue weighted by molar-refractivity contribution is 0.160. The molecule has 0 spiro atoms. The van der Waals surface area contributed by atoms with Crippen LogP contribution in [0, 0.1) is 6.92 Å². The van der Waals surface area contributed by atoms with Crippen molar-refractivity contribution in [2.24, 2.45) is 0 Å². The zero-order valence-corrected chi connectivity index (χ0v) is 14.5. The van der Waals surface area contributed by atoms with E-state index in [1.54, 1.807) is 7.11 Å². The van der Waals surface area contributed by atoms with E-state index < -0.39 is 0 Å². The molecule has 6 heteroatoms. The van der Waals surface area contributed by atoms with Crippen molar-refractivity contribution >= 4 is 27.6 Å². The number of likely N-dealkylation sites (N-methyl/N-ethyl adjacent to an activating group) is 1. The Bertz CT molecular complexity index is 455. The SMILES string of the molecule is COCCN(C)CCCNC(=O)Nc1ccc(C)c(Br)c1. The first-order chi connectivity index (χ1) is 10.0. The lowest BCUT2D eigenvalue weighted by atomic mass is 10.2. The lowest BCUT2D eigenvalue weighted by Gasteiger charge is -2.16. The number of methoxy groups -OCH3 is 1. The van der Waals surface area contributed by atoms with Crippen molar-refractivity contribution < 1.29 is 9.53 Å². The van der Waals surface area contributed by atoms with Crippen LogP contribution in [0.5, 0.6) is 0 Å². The summed E-state index contributed by atoms with van der Waals surface area (Å²) in [5.41, 5.74) is 1.92. The number of halogens is 1. The maximum absolute atomic E-state index is 11.8. The molecule has 0 radical (unpaired) electrons. The molecule has 0 atom stereocenters. The van der Waals surface area contributed by atoms with Gasteiger partial charge in [-0.05, 0) is 44.6 Å². The molecule has 1 rings (SSSR count). The molecule has 0 unspecified atom stereocenters. The van der Waals surface area contributed by atoms with E-state index in [2.05, 4.69) is 31.5 Å². The van der Waals surface area contributed by atoms with Crippen LogP contribution in [0.2, 0.25) is 0 Å². The molecule has 0 saturated carbocycles. The standard InChI is InChI=1S/C15H24BrN3O2/c1-12-5-6-13(11-14(12)16)18-15(20)17-7-4-8-19(2)9-10-21-3/h5-6,11H,4,7-10H2,1-3H3,(H2,17,18,20). The number of anilines is 1. The number of amides is 2. The maximum atomic E-state index is 11.8. The Labute approximate surface area is 135 Å². The summed E-state index contributed by atoms with van der Waals surface area (Å²) in [6.45, 7) is 5.22. The third-order valence-corrected chi connectivity index (χ3v) is 3.96. The third-order valence-electron chi connectivity index (χ3n) is 3.11. The van der Waals surface area contributed by atoms with E-state index >= 15 is 0 Å². The molecule has 0 aliphatic heterocycles. The Hall–Kier alpha value is -1.11. The highest BCUT2D eigenvalue weighted by molar-refractivity contribution is 9.10. The van der Waals surface area contributed by atoms with Gasteiger partial charge in [0.1, 0.15) is 0 Å². The minimum absolute atomic E-state index is 0.176. The van der Waals surface area contributed by atoms with Crippen molar-refractivity contribution in [1.82, 2.24) is 10.2 Å². The summed E-state index contributed by atoms with van der Waals surface area (Å²) >= 11 is 3.45. The number of urea groups is 1. The Balaban J connectivity index is 2.20. The van der Waals surface area contributed by atoms with Crippen molar-refractivity contribution in [2.45, 2.75) is 13.3 Å². The van der Waals surface area contributed by atoms with Gasteiger partial charge in [0.15, 0.2) is 0 Å². The van der Waals surface area contributed by atoms with Crippen LogP contribution in [-0.4, -0.2) is 51.3 Å². The van der Waals surface area contributed by atoms with Crippen LogP contribution >= 0.6 is 15.9 Å². The van der Waals surface area contributed by atoms with Crippen molar-refractivity contribution in [3.8, 4) is 0 Å². The maximum Gasteiger partial charge on any atom is 0.319 e. The highest BCUT2D eigenvalue weighted by Crippen LogP contribution is 2.20. The number of nitrogens with one attached hydrogen (secondary N) is 2. The summed E-state index contributed by atoms with van der Waals surface area (Å²) < 4.78 is 6.00. The predicted octanol–water partition coefficient (Wildman–Crippen LogP) is 2.85. The van der Waals surface area contributed by atoms with Crippen molar-refractivity contribution in [2.75, 3.05) is 45.7 Å². The van der Waals surface area contributed by atoms with Gasteiger partial charge < -0.3 is 20.3 Å². The molecule has 2 amide bonds. The van der Waals surface area contributed by atoms with Gasteiger partial charge in [0.25, 0.3) is 0 Å². The minimum atomic E-state index is -0.176.